The van der Waals surface area contributed by atoms with E-state index in [1.54, 1.807) is 12.5 Å². The van der Waals surface area contributed by atoms with Crippen LogP contribution in [0.3, 0.4) is 0 Å². The maximum Gasteiger partial charge on any atom is 0.159 e. The van der Waals surface area contributed by atoms with E-state index in [9.17, 15) is 4.79 Å². The fourth-order valence-electron chi connectivity index (χ4n) is 3.96. The van der Waals surface area contributed by atoms with Crippen LogP contribution in [0.1, 0.15) is 52.2 Å². The number of rotatable bonds is 2. The van der Waals surface area contributed by atoms with Gasteiger partial charge in [-0.1, -0.05) is 48.5 Å². The molecule has 0 aliphatic heterocycles. The van der Waals surface area contributed by atoms with Crippen molar-refractivity contribution in [3.63, 3.8) is 0 Å². The van der Waals surface area contributed by atoms with Crippen molar-refractivity contribution >= 4 is 5.78 Å². The molecule has 0 heterocycles. The Kier molecular flexibility index (Phi) is 2.56. The van der Waals surface area contributed by atoms with Gasteiger partial charge in [0, 0.05) is 5.56 Å². The van der Waals surface area contributed by atoms with Gasteiger partial charge in [0.2, 0.25) is 0 Å². The molecule has 0 bridgehead atoms. The summed E-state index contributed by atoms with van der Waals surface area (Å²) in [6.45, 7) is 1.63. The number of Topliss-reactive ketones (excluding diaryl/α,β-unsaturated/α-hetero) is 1. The molecule has 0 saturated heterocycles. The van der Waals surface area contributed by atoms with Gasteiger partial charge in [0.25, 0.3) is 0 Å². The van der Waals surface area contributed by atoms with Crippen molar-refractivity contribution < 1.29 is 4.79 Å². The molecule has 2 aliphatic rings. The second kappa shape index (κ2) is 4.31. The molecule has 0 aromatic heterocycles. The number of aryl methyl sites for hydroxylation is 1. The SMILES string of the molecule is CC(=O)c1ccc(C2C3CCc4ccccc4C32)cc1. The minimum atomic E-state index is 0.148. The first-order chi connectivity index (χ1) is 9.75. The van der Waals surface area contributed by atoms with Gasteiger partial charge in [-0.05, 0) is 54.2 Å². The Bertz CT molecular complexity index is 668. The Hall–Kier alpha value is -1.89. The summed E-state index contributed by atoms with van der Waals surface area (Å²) >= 11 is 0. The monoisotopic (exact) mass is 262 g/mol. The summed E-state index contributed by atoms with van der Waals surface area (Å²) in [5.74, 6) is 2.34. The van der Waals surface area contributed by atoms with Crippen LogP contribution in [0.5, 0.6) is 0 Å². The van der Waals surface area contributed by atoms with Crippen molar-refractivity contribution in [3.8, 4) is 0 Å². The fourth-order valence-corrected chi connectivity index (χ4v) is 3.96. The Morgan fingerprint density at radius 3 is 2.50 bits per heavy atom. The molecular formula is C19H18O. The molecule has 3 unspecified atom stereocenters. The summed E-state index contributed by atoms with van der Waals surface area (Å²) in [6, 6.07) is 17.2. The lowest BCUT2D eigenvalue weighted by molar-refractivity contribution is 0.101. The predicted octanol–water partition coefficient (Wildman–Crippen LogP) is 4.33. The number of fused-ring (bicyclic) bond motifs is 3. The molecular weight excluding hydrogens is 244 g/mol. The average molecular weight is 262 g/mol. The van der Waals surface area contributed by atoms with Gasteiger partial charge < -0.3 is 0 Å². The van der Waals surface area contributed by atoms with Gasteiger partial charge in [-0.3, -0.25) is 4.79 Å². The van der Waals surface area contributed by atoms with E-state index in [0.717, 1.165) is 11.5 Å². The summed E-state index contributed by atoms with van der Waals surface area (Å²) in [7, 11) is 0. The number of carbonyl (C=O) groups is 1. The van der Waals surface area contributed by atoms with E-state index in [1.807, 2.05) is 12.1 Å². The summed E-state index contributed by atoms with van der Waals surface area (Å²) in [5, 5.41) is 0. The first kappa shape index (κ1) is 11.9. The molecule has 3 atom stereocenters. The van der Waals surface area contributed by atoms with Gasteiger partial charge in [-0.2, -0.15) is 0 Å². The summed E-state index contributed by atoms with van der Waals surface area (Å²) < 4.78 is 0. The fraction of sp³-hybridized carbons (Fsp3) is 0.316. The van der Waals surface area contributed by atoms with Crippen LogP contribution in [0.2, 0.25) is 0 Å². The predicted molar refractivity (Wildman–Crippen MR) is 80.2 cm³/mol. The molecule has 0 spiro atoms. The van der Waals surface area contributed by atoms with Gasteiger partial charge in [0.1, 0.15) is 0 Å². The molecule has 2 aliphatic carbocycles. The molecule has 0 N–H and O–H groups in total. The lowest BCUT2D eigenvalue weighted by atomic mass is 9.92. The van der Waals surface area contributed by atoms with Crippen LogP contribution in [0.4, 0.5) is 0 Å². The van der Waals surface area contributed by atoms with E-state index in [4.69, 9.17) is 0 Å². The molecule has 4 rings (SSSR count). The third-order valence-electron chi connectivity index (χ3n) is 5.03. The molecule has 20 heavy (non-hydrogen) atoms. The zero-order chi connectivity index (χ0) is 13.7. The van der Waals surface area contributed by atoms with Crippen LogP contribution in [-0.4, -0.2) is 5.78 Å². The van der Waals surface area contributed by atoms with Crippen molar-refractivity contribution in [1.29, 1.82) is 0 Å². The van der Waals surface area contributed by atoms with Crippen molar-refractivity contribution in [2.24, 2.45) is 5.92 Å². The van der Waals surface area contributed by atoms with Crippen LogP contribution in [0.15, 0.2) is 48.5 Å². The molecule has 0 radical (unpaired) electrons. The minimum Gasteiger partial charge on any atom is -0.295 e. The molecule has 1 fully saturated rings. The zero-order valence-corrected chi connectivity index (χ0v) is 11.7. The highest BCUT2D eigenvalue weighted by molar-refractivity contribution is 5.94. The second-order valence-electron chi connectivity index (χ2n) is 6.13. The normalized spacial score (nSPS) is 26.6. The molecule has 2 aromatic rings. The molecule has 1 heteroatoms. The van der Waals surface area contributed by atoms with Crippen molar-refractivity contribution in [2.75, 3.05) is 0 Å². The summed E-state index contributed by atoms with van der Waals surface area (Å²) in [4.78, 5) is 11.4. The van der Waals surface area contributed by atoms with E-state index < -0.39 is 0 Å². The van der Waals surface area contributed by atoms with Crippen LogP contribution in [-0.2, 0) is 6.42 Å². The van der Waals surface area contributed by atoms with Gasteiger partial charge in [0.05, 0.1) is 0 Å². The topological polar surface area (TPSA) is 17.1 Å². The summed E-state index contributed by atoms with van der Waals surface area (Å²) in [6.07, 6.45) is 2.53. The van der Waals surface area contributed by atoms with Crippen molar-refractivity contribution in [2.45, 2.75) is 31.6 Å². The number of benzene rings is 2. The smallest absolute Gasteiger partial charge is 0.159 e. The largest absolute Gasteiger partial charge is 0.295 e. The second-order valence-corrected chi connectivity index (χ2v) is 6.13. The molecule has 1 nitrogen and oxygen atoms in total. The third kappa shape index (κ3) is 1.73. The van der Waals surface area contributed by atoms with E-state index in [0.29, 0.717) is 11.8 Å². The highest BCUT2D eigenvalue weighted by Crippen LogP contribution is 2.65. The van der Waals surface area contributed by atoms with Gasteiger partial charge in [-0.25, -0.2) is 0 Å². The van der Waals surface area contributed by atoms with E-state index in [1.165, 1.54) is 24.0 Å². The Labute approximate surface area is 119 Å². The number of hydrogen-bond donors (Lipinski definition) is 0. The lowest BCUT2D eigenvalue weighted by Gasteiger charge is -2.13. The number of ketones is 1. The number of carbonyl (C=O) groups excluding carboxylic acids is 1. The van der Waals surface area contributed by atoms with Crippen LogP contribution in [0.25, 0.3) is 0 Å². The molecule has 0 amide bonds. The molecule has 1 saturated carbocycles. The highest BCUT2D eigenvalue weighted by atomic mass is 16.1. The van der Waals surface area contributed by atoms with E-state index in [2.05, 4.69) is 36.4 Å². The Morgan fingerprint density at radius 2 is 1.75 bits per heavy atom. The van der Waals surface area contributed by atoms with Gasteiger partial charge in [0.15, 0.2) is 5.78 Å². The van der Waals surface area contributed by atoms with Crippen LogP contribution >= 0.6 is 0 Å². The molecule has 2 aromatic carbocycles. The lowest BCUT2D eigenvalue weighted by Crippen LogP contribution is -2.00. The standard InChI is InChI=1S/C19H18O/c1-12(20)13-6-8-15(9-7-13)18-17-11-10-14-4-2-3-5-16(14)19(17)18/h2-9,17-19H,10-11H2,1H3. The van der Waals surface area contributed by atoms with Crippen LogP contribution < -0.4 is 0 Å². The average Bonchev–Trinajstić information content (AvgIpc) is 3.22. The zero-order valence-electron chi connectivity index (χ0n) is 11.7. The van der Waals surface area contributed by atoms with Crippen molar-refractivity contribution in [1.82, 2.24) is 0 Å². The van der Waals surface area contributed by atoms with Crippen molar-refractivity contribution in [3.05, 3.63) is 70.8 Å². The number of hydrogen-bond acceptors (Lipinski definition) is 1. The molecule has 100 valence electrons. The van der Waals surface area contributed by atoms with Gasteiger partial charge >= 0.3 is 0 Å². The highest BCUT2D eigenvalue weighted by Gasteiger charge is 2.53. The van der Waals surface area contributed by atoms with Crippen LogP contribution in [0, 0.1) is 5.92 Å². The third-order valence-corrected chi connectivity index (χ3v) is 5.03. The van der Waals surface area contributed by atoms with E-state index >= 15 is 0 Å². The minimum absolute atomic E-state index is 0.148. The summed E-state index contributed by atoms with van der Waals surface area (Å²) in [5.41, 5.74) is 5.32. The first-order valence-electron chi connectivity index (χ1n) is 7.44. The maximum absolute atomic E-state index is 11.4. The quantitative estimate of drug-likeness (QED) is 0.736. The maximum atomic E-state index is 11.4. The first-order valence-corrected chi connectivity index (χ1v) is 7.44. The Morgan fingerprint density at radius 1 is 1.00 bits per heavy atom. The Balaban J connectivity index is 1.65. The van der Waals surface area contributed by atoms with Gasteiger partial charge in [-0.15, -0.1) is 0 Å². The van der Waals surface area contributed by atoms with E-state index in [-0.39, 0.29) is 5.78 Å².